The summed E-state index contributed by atoms with van der Waals surface area (Å²) in [6.07, 6.45) is 0. The number of nitrogens with zero attached hydrogens (tertiary/aromatic N) is 2. The van der Waals surface area contributed by atoms with E-state index in [9.17, 15) is 0 Å². The first-order chi connectivity index (χ1) is 9.15. The van der Waals surface area contributed by atoms with E-state index in [0.717, 1.165) is 0 Å². The Hall–Kier alpha value is -0.655. The summed E-state index contributed by atoms with van der Waals surface area (Å²) in [6, 6.07) is 10.6. The third-order valence-corrected chi connectivity index (χ3v) is 5.77. The highest BCUT2D eigenvalue weighted by atomic mass is 31.2. The molecular weight excluding hydrogens is 262 g/mol. The van der Waals surface area contributed by atoms with Crippen LogP contribution in [0.2, 0.25) is 0 Å². The van der Waals surface area contributed by atoms with Crippen LogP contribution in [0.15, 0.2) is 30.3 Å². The minimum absolute atomic E-state index is 0.0213. The molecule has 1 aromatic carbocycles. The van der Waals surface area contributed by atoms with Crippen molar-refractivity contribution in [1.29, 1.82) is 0 Å². The second kappa shape index (κ2) is 5.28. The standard InChI is InChI=1S/C16H26BN2P/c1-16(2)17(18(3)4)15(20(5,6)7)13-19(16)14-11-9-8-10-12-14/h8-12H,1-7H3. The molecule has 108 valence electrons. The number of rotatable bonds is 2. The Labute approximate surface area is 125 Å². The molecule has 1 aliphatic rings. The number of anilines is 1. The van der Waals surface area contributed by atoms with Crippen molar-refractivity contribution >= 4 is 24.6 Å². The van der Waals surface area contributed by atoms with Crippen molar-refractivity contribution in [3.63, 3.8) is 0 Å². The van der Waals surface area contributed by atoms with Crippen molar-refractivity contribution in [3.8, 4) is 0 Å². The van der Waals surface area contributed by atoms with E-state index in [4.69, 9.17) is 0 Å². The molecule has 2 nitrogen and oxygen atoms in total. The number of para-hydroxylation sites is 1. The van der Waals surface area contributed by atoms with Gasteiger partial charge in [-0.15, -0.1) is 6.89 Å². The van der Waals surface area contributed by atoms with E-state index < -0.39 is 6.89 Å². The second-order valence-electron chi connectivity index (χ2n) is 7.20. The van der Waals surface area contributed by atoms with Crippen molar-refractivity contribution in [1.82, 2.24) is 4.81 Å². The van der Waals surface area contributed by atoms with Crippen LogP contribution >= 0.6 is 6.89 Å². The summed E-state index contributed by atoms with van der Waals surface area (Å²) in [6.45, 7) is 14.8. The Kier molecular flexibility index (Phi) is 4.15. The van der Waals surface area contributed by atoms with E-state index in [1.54, 1.807) is 0 Å². The number of benzene rings is 1. The fourth-order valence-corrected chi connectivity index (χ4v) is 4.82. The average Bonchev–Trinajstić information content (AvgIpc) is 2.61. The van der Waals surface area contributed by atoms with Crippen LogP contribution in [0, 0.1) is 6.54 Å². The minimum Gasteiger partial charge on any atom is -0.357 e. The zero-order valence-electron chi connectivity index (χ0n) is 13.8. The Morgan fingerprint density at radius 1 is 1.10 bits per heavy atom. The van der Waals surface area contributed by atoms with Crippen LogP contribution in [-0.2, 0) is 0 Å². The first-order valence-electron chi connectivity index (χ1n) is 7.13. The van der Waals surface area contributed by atoms with E-state index in [1.807, 2.05) is 0 Å². The van der Waals surface area contributed by atoms with Crippen molar-refractivity contribution in [2.45, 2.75) is 19.3 Å². The molecule has 0 saturated carbocycles. The van der Waals surface area contributed by atoms with Crippen LogP contribution in [0.5, 0.6) is 0 Å². The van der Waals surface area contributed by atoms with Gasteiger partial charge in [-0.25, -0.2) is 0 Å². The molecule has 0 unspecified atom stereocenters. The molecule has 0 bridgehead atoms. The molecule has 0 aromatic heterocycles. The third-order valence-electron chi connectivity index (χ3n) is 3.98. The lowest BCUT2D eigenvalue weighted by Gasteiger charge is -2.37. The third kappa shape index (κ3) is 2.71. The Balaban J connectivity index is 2.54. The van der Waals surface area contributed by atoms with Crippen LogP contribution in [-0.4, -0.2) is 56.4 Å². The van der Waals surface area contributed by atoms with Gasteiger partial charge in [-0.1, -0.05) is 23.4 Å². The summed E-state index contributed by atoms with van der Waals surface area (Å²) >= 11 is 0. The summed E-state index contributed by atoms with van der Waals surface area (Å²) in [5, 5.41) is 1.48. The number of hydrogen-bond donors (Lipinski definition) is 0. The minimum atomic E-state index is -1.09. The van der Waals surface area contributed by atoms with Crippen LogP contribution in [0.3, 0.4) is 0 Å². The van der Waals surface area contributed by atoms with Gasteiger partial charge in [-0.2, -0.15) is 0 Å². The first kappa shape index (κ1) is 15.7. The lowest BCUT2D eigenvalue weighted by Crippen LogP contribution is -2.56. The second-order valence-corrected chi connectivity index (χ2v) is 11.7. The van der Waals surface area contributed by atoms with Crippen molar-refractivity contribution in [3.05, 3.63) is 36.9 Å². The fraction of sp³-hybridized carbons (Fsp3) is 0.500. The molecule has 0 atom stereocenters. The van der Waals surface area contributed by atoms with E-state index in [-0.39, 0.29) is 5.44 Å². The summed E-state index contributed by atoms with van der Waals surface area (Å²) in [7, 11) is 4.36. The molecule has 0 amide bonds. The van der Waals surface area contributed by atoms with Gasteiger partial charge in [0.2, 0.25) is 0 Å². The zero-order chi connectivity index (χ0) is 15.1. The Bertz CT molecular complexity index is 522. The summed E-state index contributed by atoms with van der Waals surface area (Å²) in [5.41, 5.74) is 1.25. The summed E-state index contributed by atoms with van der Waals surface area (Å²) in [4.78, 5) is 4.68. The van der Waals surface area contributed by atoms with E-state index in [1.165, 1.54) is 10.9 Å². The average molecular weight is 288 g/mol. The zero-order valence-corrected chi connectivity index (χ0v) is 14.7. The molecule has 1 fully saturated rings. The molecule has 1 aliphatic heterocycles. The van der Waals surface area contributed by atoms with Crippen LogP contribution in [0.25, 0.3) is 0 Å². The van der Waals surface area contributed by atoms with Gasteiger partial charge in [-0.3, -0.25) is 0 Å². The number of hydrogen-bond acceptors (Lipinski definition) is 2. The molecule has 1 aromatic rings. The van der Waals surface area contributed by atoms with Gasteiger partial charge in [-0.05, 0) is 60.1 Å². The van der Waals surface area contributed by atoms with Gasteiger partial charge in [0.15, 0.2) is 0 Å². The molecule has 0 aliphatic carbocycles. The van der Waals surface area contributed by atoms with Crippen molar-refractivity contribution in [2.75, 3.05) is 39.0 Å². The van der Waals surface area contributed by atoms with Gasteiger partial charge in [0.25, 0.3) is 6.85 Å². The fourth-order valence-electron chi connectivity index (χ4n) is 3.14. The van der Waals surface area contributed by atoms with Gasteiger partial charge in [0.1, 0.15) is 6.54 Å². The van der Waals surface area contributed by atoms with Crippen molar-refractivity contribution < 1.29 is 0 Å². The highest BCUT2D eigenvalue weighted by molar-refractivity contribution is 7.78. The SMILES string of the molecule is CN(C)B1C(=P(C)(C)C)[C]N(c2ccccc2)C1(C)C. The molecule has 0 spiro atoms. The van der Waals surface area contributed by atoms with Gasteiger partial charge in [0, 0.05) is 11.1 Å². The first-order valence-corrected chi connectivity index (χ1v) is 10.3. The molecule has 4 heteroatoms. The largest absolute Gasteiger partial charge is 0.357 e. The quantitative estimate of drug-likeness (QED) is 0.609. The normalized spacial score (nSPS) is 19.1. The maximum atomic E-state index is 3.73. The summed E-state index contributed by atoms with van der Waals surface area (Å²) < 4.78 is 0. The summed E-state index contributed by atoms with van der Waals surface area (Å²) in [5.74, 6) is 0. The molecule has 20 heavy (non-hydrogen) atoms. The maximum absolute atomic E-state index is 3.73. The lowest BCUT2D eigenvalue weighted by molar-refractivity contribution is 0.580. The van der Waals surface area contributed by atoms with Gasteiger partial charge < -0.3 is 9.71 Å². The van der Waals surface area contributed by atoms with Crippen LogP contribution in [0.4, 0.5) is 5.69 Å². The smallest absolute Gasteiger partial charge is 0.282 e. The Morgan fingerprint density at radius 3 is 2.05 bits per heavy atom. The highest BCUT2D eigenvalue weighted by Crippen LogP contribution is 2.45. The molecule has 2 rings (SSSR count). The predicted molar refractivity (Wildman–Crippen MR) is 95.4 cm³/mol. The molecule has 0 N–H and O–H groups in total. The van der Waals surface area contributed by atoms with E-state index >= 15 is 0 Å². The van der Waals surface area contributed by atoms with Gasteiger partial charge >= 0.3 is 0 Å². The highest BCUT2D eigenvalue weighted by Gasteiger charge is 2.51. The maximum Gasteiger partial charge on any atom is 0.282 e. The molecule has 2 radical (unpaired) electrons. The topological polar surface area (TPSA) is 6.48 Å². The van der Waals surface area contributed by atoms with Crippen LogP contribution < -0.4 is 4.90 Å². The van der Waals surface area contributed by atoms with Crippen molar-refractivity contribution in [2.24, 2.45) is 0 Å². The lowest BCUT2D eigenvalue weighted by atomic mass is 9.46. The molecular formula is C16H26BN2P. The predicted octanol–water partition coefficient (Wildman–Crippen LogP) is 3.03. The van der Waals surface area contributed by atoms with Gasteiger partial charge in [0.05, 0.1) is 0 Å². The molecule has 1 saturated heterocycles. The molecule has 1 heterocycles. The monoisotopic (exact) mass is 288 g/mol. The van der Waals surface area contributed by atoms with E-state index in [2.05, 4.69) is 94.5 Å². The Morgan fingerprint density at radius 2 is 1.65 bits per heavy atom. The van der Waals surface area contributed by atoms with E-state index in [0.29, 0.717) is 6.85 Å². The van der Waals surface area contributed by atoms with Crippen LogP contribution in [0.1, 0.15) is 13.8 Å².